The summed E-state index contributed by atoms with van der Waals surface area (Å²) in [5.41, 5.74) is 8.22. The topological polar surface area (TPSA) is 122 Å². The first-order chi connectivity index (χ1) is 15.4. The molecule has 0 saturated heterocycles. The standard InChI is InChI=1S/C21H23ClFN7OS/c1-26-16-8-11(22)2-7-14(16)18(25)17-9-27-20-19(29-17)15(10-30(20)32-23)21(31)28-13-5-3-12(24)4-6-13/h2,7-10,12-13,25-26H,3-6,24H2,1H3,(H,28,31). The zero-order valence-electron chi connectivity index (χ0n) is 17.4. The number of nitrogens with one attached hydrogen (secondary N) is 3. The minimum Gasteiger partial charge on any atom is -0.388 e. The van der Waals surface area contributed by atoms with Gasteiger partial charge in [0.25, 0.3) is 5.91 Å². The van der Waals surface area contributed by atoms with Gasteiger partial charge >= 0.3 is 0 Å². The largest absolute Gasteiger partial charge is 0.388 e. The van der Waals surface area contributed by atoms with Gasteiger partial charge in [-0.25, -0.2) is 13.9 Å². The molecule has 168 valence electrons. The molecule has 1 saturated carbocycles. The first kappa shape index (κ1) is 22.5. The third kappa shape index (κ3) is 4.43. The maximum Gasteiger partial charge on any atom is 0.255 e. The molecule has 1 aliphatic rings. The van der Waals surface area contributed by atoms with Crippen LogP contribution in [-0.4, -0.2) is 44.7 Å². The van der Waals surface area contributed by atoms with Gasteiger partial charge in [-0.05, 0) is 43.9 Å². The van der Waals surface area contributed by atoms with Crippen LogP contribution in [0.25, 0.3) is 11.2 Å². The van der Waals surface area contributed by atoms with Gasteiger partial charge in [-0.15, -0.1) is 3.89 Å². The van der Waals surface area contributed by atoms with Gasteiger partial charge in [-0.3, -0.25) is 10.2 Å². The number of rotatable bonds is 6. The van der Waals surface area contributed by atoms with Crippen LogP contribution >= 0.6 is 23.9 Å². The number of nitrogens with zero attached hydrogens (tertiary/aromatic N) is 3. The summed E-state index contributed by atoms with van der Waals surface area (Å²) in [6, 6.07) is 5.29. The predicted molar refractivity (Wildman–Crippen MR) is 126 cm³/mol. The van der Waals surface area contributed by atoms with Gasteiger partial charge in [-0.2, -0.15) is 0 Å². The summed E-state index contributed by atoms with van der Waals surface area (Å²) >= 11 is 6.00. The SMILES string of the molecule is CNc1cc(Cl)ccc1C(=N)c1cnc2c(n1)c(C(=O)NC1CCC(N)CC1)cn2SF. The van der Waals surface area contributed by atoms with Gasteiger partial charge < -0.3 is 16.4 Å². The van der Waals surface area contributed by atoms with E-state index < -0.39 is 0 Å². The Morgan fingerprint density at radius 2 is 2.06 bits per heavy atom. The Morgan fingerprint density at radius 1 is 1.31 bits per heavy atom. The number of benzene rings is 1. The number of hydrogen-bond acceptors (Lipinski definition) is 7. The summed E-state index contributed by atoms with van der Waals surface area (Å²) in [4.78, 5) is 21.8. The molecule has 0 unspecified atom stereocenters. The Labute approximate surface area is 194 Å². The molecule has 0 radical (unpaired) electrons. The molecule has 0 atom stereocenters. The van der Waals surface area contributed by atoms with Crippen LogP contribution in [0.1, 0.15) is 47.3 Å². The molecule has 11 heteroatoms. The number of aromatic nitrogens is 3. The summed E-state index contributed by atoms with van der Waals surface area (Å²) in [6.45, 7) is 0. The molecule has 3 aromatic rings. The Hall–Kier alpha value is -2.69. The molecule has 5 N–H and O–H groups in total. The lowest BCUT2D eigenvalue weighted by Gasteiger charge is -2.26. The summed E-state index contributed by atoms with van der Waals surface area (Å²) in [5.74, 6) is -0.344. The van der Waals surface area contributed by atoms with Crippen LogP contribution in [0.5, 0.6) is 0 Å². The number of fused-ring (bicyclic) bond motifs is 1. The number of halogens is 2. The third-order valence-corrected chi connectivity index (χ3v) is 6.33. The van der Waals surface area contributed by atoms with E-state index in [1.54, 1.807) is 25.2 Å². The molecule has 32 heavy (non-hydrogen) atoms. The normalized spacial score (nSPS) is 18.5. The van der Waals surface area contributed by atoms with E-state index >= 15 is 0 Å². The highest BCUT2D eigenvalue weighted by Crippen LogP contribution is 2.27. The van der Waals surface area contributed by atoms with E-state index in [0.29, 0.717) is 16.3 Å². The van der Waals surface area contributed by atoms with Crippen molar-refractivity contribution < 1.29 is 8.68 Å². The molecule has 0 bridgehead atoms. The van der Waals surface area contributed by atoms with Crippen molar-refractivity contribution in [3.63, 3.8) is 0 Å². The van der Waals surface area contributed by atoms with Crippen molar-refractivity contribution in [2.45, 2.75) is 37.8 Å². The van der Waals surface area contributed by atoms with Crippen molar-refractivity contribution in [1.82, 2.24) is 19.3 Å². The minimum atomic E-state index is -0.344. The zero-order chi connectivity index (χ0) is 22.8. The first-order valence-electron chi connectivity index (χ1n) is 10.2. The van der Waals surface area contributed by atoms with Crippen LogP contribution in [0, 0.1) is 5.41 Å². The number of anilines is 1. The fraction of sp³-hybridized carbons (Fsp3) is 0.333. The van der Waals surface area contributed by atoms with Crippen LogP contribution in [0.4, 0.5) is 9.57 Å². The van der Waals surface area contributed by atoms with E-state index in [0.717, 1.165) is 29.7 Å². The Morgan fingerprint density at radius 3 is 2.75 bits per heavy atom. The number of carbonyl (C=O) groups is 1. The van der Waals surface area contributed by atoms with Gasteiger partial charge in [-0.1, -0.05) is 11.6 Å². The lowest BCUT2D eigenvalue weighted by molar-refractivity contribution is 0.0927. The molecule has 2 heterocycles. The number of nitrogens with two attached hydrogens (primary N) is 1. The zero-order valence-corrected chi connectivity index (χ0v) is 18.9. The van der Waals surface area contributed by atoms with Gasteiger partial charge in [0.15, 0.2) is 18.0 Å². The summed E-state index contributed by atoms with van der Waals surface area (Å²) in [6.07, 6.45) is 6.08. The van der Waals surface area contributed by atoms with Crippen LogP contribution in [-0.2, 0) is 0 Å². The quantitative estimate of drug-likeness (QED) is 0.401. The summed E-state index contributed by atoms with van der Waals surface area (Å²) in [7, 11) is 1.73. The number of carbonyl (C=O) groups excluding carboxylic acids is 1. The third-order valence-electron chi connectivity index (χ3n) is 5.67. The van der Waals surface area contributed by atoms with E-state index in [9.17, 15) is 8.68 Å². The van der Waals surface area contributed by atoms with E-state index in [4.69, 9.17) is 22.7 Å². The molecule has 8 nitrogen and oxygen atoms in total. The second kappa shape index (κ2) is 9.43. The van der Waals surface area contributed by atoms with Crippen molar-refractivity contribution in [3.8, 4) is 0 Å². The van der Waals surface area contributed by atoms with E-state index in [1.165, 1.54) is 12.4 Å². The Balaban J connectivity index is 1.68. The van der Waals surface area contributed by atoms with Crippen molar-refractivity contribution >= 4 is 52.4 Å². The molecule has 1 amide bonds. The van der Waals surface area contributed by atoms with E-state index in [1.807, 2.05) is 0 Å². The van der Waals surface area contributed by atoms with Crippen molar-refractivity contribution in [2.24, 2.45) is 5.73 Å². The van der Waals surface area contributed by atoms with E-state index in [2.05, 4.69) is 20.6 Å². The monoisotopic (exact) mass is 475 g/mol. The highest BCUT2D eigenvalue weighted by Gasteiger charge is 2.25. The van der Waals surface area contributed by atoms with Gasteiger partial charge in [0.1, 0.15) is 11.2 Å². The average molecular weight is 476 g/mol. The summed E-state index contributed by atoms with van der Waals surface area (Å²) in [5, 5.41) is 15.2. The average Bonchev–Trinajstić information content (AvgIpc) is 3.18. The van der Waals surface area contributed by atoms with Gasteiger partial charge in [0, 0.05) is 41.6 Å². The molecule has 1 fully saturated rings. The summed E-state index contributed by atoms with van der Waals surface area (Å²) < 4.78 is 14.7. The minimum absolute atomic E-state index is 0.0143. The molecule has 4 rings (SSSR count). The van der Waals surface area contributed by atoms with Crippen molar-refractivity contribution in [1.29, 1.82) is 5.41 Å². The number of amides is 1. The second-order valence-corrected chi connectivity index (χ2v) is 8.73. The Kier molecular flexibility index (Phi) is 6.63. The lowest BCUT2D eigenvalue weighted by atomic mass is 9.92. The molecule has 0 aliphatic heterocycles. The van der Waals surface area contributed by atoms with Gasteiger partial charge in [0.2, 0.25) is 0 Å². The van der Waals surface area contributed by atoms with Crippen LogP contribution in [0.15, 0.2) is 30.6 Å². The fourth-order valence-corrected chi connectivity index (χ4v) is 4.43. The predicted octanol–water partition coefficient (Wildman–Crippen LogP) is 3.92. The highest BCUT2D eigenvalue weighted by atomic mass is 35.5. The molecule has 1 aromatic carbocycles. The molecular formula is C21H23ClFN7OS. The smallest absolute Gasteiger partial charge is 0.255 e. The molecular weight excluding hydrogens is 453 g/mol. The molecule has 2 aromatic heterocycles. The van der Waals surface area contributed by atoms with Crippen LogP contribution in [0.3, 0.4) is 0 Å². The molecule has 1 aliphatic carbocycles. The first-order valence-corrected chi connectivity index (χ1v) is 11.3. The maximum atomic E-state index is 13.5. The van der Waals surface area contributed by atoms with Crippen LogP contribution < -0.4 is 16.4 Å². The number of hydrogen-bond donors (Lipinski definition) is 4. The van der Waals surface area contributed by atoms with Crippen molar-refractivity contribution in [2.75, 3.05) is 12.4 Å². The molecule has 0 spiro atoms. The van der Waals surface area contributed by atoms with Crippen molar-refractivity contribution in [3.05, 3.63) is 52.4 Å². The second-order valence-electron chi connectivity index (χ2n) is 7.77. The van der Waals surface area contributed by atoms with Gasteiger partial charge in [0.05, 0.1) is 17.5 Å². The Bertz CT molecular complexity index is 1180. The fourth-order valence-electron chi connectivity index (χ4n) is 3.91. The highest BCUT2D eigenvalue weighted by molar-refractivity contribution is 7.92. The van der Waals surface area contributed by atoms with E-state index in [-0.39, 0.29) is 58.5 Å². The lowest BCUT2D eigenvalue weighted by Crippen LogP contribution is -2.40. The van der Waals surface area contributed by atoms with Crippen LogP contribution in [0.2, 0.25) is 5.02 Å². The maximum absolute atomic E-state index is 13.5.